The van der Waals surface area contributed by atoms with Gasteiger partial charge in [-0.25, -0.2) is 0 Å². The molecule has 5 nitrogen and oxygen atoms in total. The van der Waals surface area contributed by atoms with E-state index in [1.165, 1.54) is 0 Å². The third-order valence-electron chi connectivity index (χ3n) is 3.12. The fraction of sp³-hybridized carbons (Fsp3) is 0.462. The second kappa shape index (κ2) is 5.27. The van der Waals surface area contributed by atoms with E-state index >= 15 is 0 Å². The minimum atomic E-state index is -0.0500. The standard InChI is InChI=1S/C13H18N2O3/c1-9-8-18-6-5-15(9)13(16)11-4-3-10(17-2)7-12(11)14/h3-4,7,9H,5-6,8,14H2,1-2H3. The fourth-order valence-corrected chi connectivity index (χ4v) is 2.05. The number of nitrogens with two attached hydrogens (primary N) is 1. The summed E-state index contributed by atoms with van der Waals surface area (Å²) in [6.45, 7) is 3.72. The molecule has 2 rings (SSSR count). The van der Waals surface area contributed by atoms with Crippen LogP contribution in [0, 0.1) is 0 Å². The van der Waals surface area contributed by atoms with Crippen LogP contribution >= 0.6 is 0 Å². The van der Waals surface area contributed by atoms with Gasteiger partial charge in [0, 0.05) is 18.3 Å². The van der Waals surface area contributed by atoms with Crippen molar-refractivity contribution in [2.75, 3.05) is 32.6 Å². The highest BCUT2D eigenvalue weighted by Gasteiger charge is 2.25. The predicted octanol–water partition coefficient (Wildman–Crippen LogP) is 1.14. The van der Waals surface area contributed by atoms with E-state index in [-0.39, 0.29) is 11.9 Å². The maximum absolute atomic E-state index is 12.4. The number of methoxy groups -OCH3 is 1. The highest BCUT2D eigenvalue weighted by molar-refractivity contribution is 5.99. The van der Waals surface area contributed by atoms with Crippen LogP contribution in [0.1, 0.15) is 17.3 Å². The van der Waals surface area contributed by atoms with Gasteiger partial charge in [0.2, 0.25) is 0 Å². The monoisotopic (exact) mass is 250 g/mol. The van der Waals surface area contributed by atoms with E-state index < -0.39 is 0 Å². The maximum Gasteiger partial charge on any atom is 0.256 e. The Bertz CT molecular complexity index is 448. The maximum atomic E-state index is 12.4. The van der Waals surface area contributed by atoms with E-state index in [0.29, 0.717) is 36.8 Å². The molecule has 98 valence electrons. The van der Waals surface area contributed by atoms with Crippen molar-refractivity contribution in [3.8, 4) is 5.75 Å². The molecule has 1 heterocycles. The Hall–Kier alpha value is -1.75. The average Bonchev–Trinajstić information content (AvgIpc) is 2.38. The van der Waals surface area contributed by atoms with Gasteiger partial charge in [0.05, 0.1) is 31.9 Å². The van der Waals surface area contributed by atoms with Crippen LogP contribution < -0.4 is 10.5 Å². The number of rotatable bonds is 2. The van der Waals surface area contributed by atoms with Crippen LogP contribution in [0.2, 0.25) is 0 Å². The molecule has 0 saturated carbocycles. The van der Waals surface area contributed by atoms with Gasteiger partial charge in [0.25, 0.3) is 5.91 Å². The molecule has 1 amide bonds. The smallest absolute Gasteiger partial charge is 0.256 e. The van der Waals surface area contributed by atoms with E-state index in [0.717, 1.165) is 0 Å². The zero-order chi connectivity index (χ0) is 13.1. The molecule has 1 fully saturated rings. The summed E-state index contributed by atoms with van der Waals surface area (Å²) in [7, 11) is 1.57. The molecular formula is C13H18N2O3. The van der Waals surface area contributed by atoms with Crippen LogP contribution in [0.5, 0.6) is 5.75 Å². The van der Waals surface area contributed by atoms with Crippen molar-refractivity contribution >= 4 is 11.6 Å². The Kier molecular flexibility index (Phi) is 3.72. The van der Waals surface area contributed by atoms with Crippen LogP contribution in [-0.4, -0.2) is 43.7 Å². The highest BCUT2D eigenvalue weighted by atomic mass is 16.5. The number of anilines is 1. The molecule has 1 atom stereocenters. The first-order valence-corrected chi connectivity index (χ1v) is 5.95. The van der Waals surface area contributed by atoms with Gasteiger partial charge in [0.15, 0.2) is 0 Å². The Balaban J connectivity index is 2.22. The first-order chi connectivity index (χ1) is 8.63. The first-order valence-electron chi connectivity index (χ1n) is 5.95. The summed E-state index contributed by atoms with van der Waals surface area (Å²) in [5.74, 6) is 0.602. The van der Waals surface area contributed by atoms with Gasteiger partial charge in [-0.05, 0) is 19.1 Å². The molecule has 0 spiro atoms. The van der Waals surface area contributed by atoms with Crippen molar-refractivity contribution in [2.45, 2.75) is 13.0 Å². The third kappa shape index (κ3) is 2.41. The number of nitrogens with zero attached hydrogens (tertiary/aromatic N) is 1. The van der Waals surface area contributed by atoms with Crippen LogP contribution in [0.4, 0.5) is 5.69 Å². The van der Waals surface area contributed by atoms with Crippen LogP contribution in [0.3, 0.4) is 0 Å². The minimum absolute atomic E-state index is 0.0500. The Morgan fingerprint density at radius 3 is 2.94 bits per heavy atom. The number of benzene rings is 1. The SMILES string of the molecule is COc1ccc(C(=O)N2CCOCC2C)c(N)c1. The van der Waals surface area contributed by atoms with Crippen molar-refractivity contribution in [3.05, 3.63) is 23.8 Å². The summed E-state index contributed by atoms with van der Waals surface area (Å²) in [5.41, 5.74) is 6.85. The molecule has 0 aliphatic carbocycles. The lowest BCUT2D eigenvalue weighted by atomic mass is 10.1. The number of carbonyl (C=O) groups excluding carboxylic acids is 1. The molecule has 1 saturated heterocycles. The van der Waals surface area contributed by atoms with E-state index in [1.54, 1.807) is 30.2 Å². The van der Waals surface area contributed by atoms with Gasteiger partial charge in [-0.15, -0.1) is 0 Å². The van der Waals surface area contributed by atoms with Crippen molar-refractivity contribution in [3.63, 3.8) is 0 Å². The third-order valence-corrected chi connectivity index (χ3v) is 3.12. The zero-order valence-corrected chi connectivity index (χ0v) is 10.7. The van der Waals surface area contributed by atoms with Gasteiger partial charge in [-0.3, -0.25) is 4.79 Å². The topological polar surface area (TPSA) is 64.8 Å². The van der Waals surface area contributed by atoms with Crippen molar-refractivity contribution in [1.29, 1.82) is 0 Å². The molecular weight excluding hydrogens is 232 g/mol. The second-order valence-electron chi connectivity index (χ2n) is 4.38. The van der Waals surface area contributed by atoms with Crippen LogP contribution in [0.15, 0.2) is 18.2 Å². The highest BCUT2D eigenvalue weighted by Crippen LogP contribution is 2.22. The van der Waals surface area contributed by atoms with E-state index in [4.69, 9.17) is 15.2 Å². The summed E-state index contributed by atoms with van der Waals surface area (Å²) in [6, 6.07) is 5.19. The van der Waals surface area contributed by atoms with Crippen molar-refractivity contribution in [2.24, 2.45) is 0 Å². The number of carbonyl (C=O) groups is 1. The normalized spacial score (nSPS) is 19.7. The van der Waals surface area contributed by atoms with E-state index in [1.807, 2.05) is 6.92 Å². The fourth-order valence-electron chi connectivity index (χ4n) is 2.05. The van der Waals surface area contributed by atoms with E-state index in [2.05, 4.69) is 0 Å². The molecule has 2 N–H and O–H groups in total. The summed E-state index contributed by atoms with van der Waals surface area (Å²) in [6.07, 6.45) is 0. The van der Waals surface area contributed by atoms with Gasteiger partial charge >= 0.3 is 0 Å². The molecule has 0 bridgehead atoms. The molecule has 1 unspecified atom stereocenters. The summed E-state index contributed by atoms with van der Waals surface area (Å²) in [4.78, 5) is 14.2. The lowest BCUT2D eigenvalue weighted by Crippen LogP contribution is -2.47. The molecule has 1 aromatic carbocycles. The number of ether oxygens (including phenoxy) is 2. The quantitative estimate of drug-likeness (QED) is 0.799. The van der Waals surface area contributed by atoms with E-state index in [9.17, 15) is 4.79 Å². The van der Waals surface area contributed by atoms with Crippen molar-refractivity contribution in [1.82, 2.24) is 4.90 Å². The Labute approximate surface area is 106 Å². The minimum Gasteiger partial charge on any atom is -0.497 e. The Morgan fingerprint density at radius 2 is 2.33 bits per heavy atom. The van der Waals surface area contributed by atoms with Gasteiger partial charge in [-0.2, -0.15) is 0 Å². The van der Waals surface area contributed by atoms with Crippen LogP contribution in [0.25, 0.3) is 0 Å². The molecule has 1 aliphatic rings. The van der Waals surface area contributed by atoms with Gasteiger partial charge in [-0.1, -0.05) is 0 Å². The molecule has 18 heavy (non-hydrogen) atoms. The molecule has 1 aliphatic heterocycles. The number of hydrogen-bond donors (Lipinski definition) is 1. The lowest BCUT2D eigenvalue weighted by molar-refractivity contribution is 0.00365. The first kappa shape index (κ1) is 12.7. The van der Waals surface area contributed by atoms with Gasteiger partial charge < -0.3 is 20.1 Å². The Morgan fingerprint density at radius 1 is 1.56 bits per heavy atom. The number of hydrogen-bond acceptors (Lipinski definition) is 4. The number of amides is 1. The molecule has 0 radical (unpaired) electrons. The predicted molar refractivity (Wildman–Crippen MR) is 68.7 cm³/mol. The van der Waals surface area contributed by atoms with Crippen molar-refractivity contribution < 1.29 is 14.3 Å². The summed E-state index contributed by atoms with van der Waals surface area (Å²) < 4.78 is 10.4. The zero-order valence-electron chi connectivity index (χ0n) is 10.7. The molecule has 1 aromatic rings. The summed E-state index contributed by atoms with van der Waals surface area (Å²) in [5, 5.41) is 0. The summed E-state index contributed by atoms with van der Waals surface area (Å²) >= 11 is 0. The molecule has 0 aromatic heterocycles. The van der Waals surface area contributed by atoms with Gasteiger partial charge in [0.1, 0.15) is 5.75 Å². The average molecular weight is 250 g/mol. The number of nitrogen functional groups attached to an aromatic ring is 1. The second-order valence-corrected chi connectivity index (χ2v) is 4.38. The molecule has 5 heteroatoms. The lowest BCUT2D eigenvalue weighted by Gasteiger charge is -2.33. The van der Waals surface area contributed by atoms with Crippen LogP contribution in [-0.2, 0) is 4.74 Å². The largest absolute Gasteiger partial charge is 0.497 e. The number of morpholine rings is 1.